The highest BCUT2D eigenvalue weighted by Gasteiger charge is 2.20. The van der Waals surface area contributed by atoms with E-state index >= 15 is 0 Å². The minimum absolute atomic E-state index is 0.649. The molecule has 1 aliphatic heterocycles. The van der Waals surface area contributed by atoms with Crippen LogP contribution in [0.1, 0.15) is 24.1 Å². The van der Waals surface area contributed by atoms with Gasteiger partial charge in [0, 0.05) is 18.7 Å². The van der Waals surface area contributed by atoms with Gasteiger partial charge in [0.25, 0.3) is 0 Å². The predicted molar refractivity (Wildman–Crippen MR) is 66.7 cm³/mol. The average Bonchev–Trinajstić information content (AvgIpc) is 2.40. The number of fused-ring (bicyclic) bond motifs is 1. The summed E-state index contributed by atoms with van der Waals surface area (Å²) in [6.07, 6.45) is 4.47. The van der Waals surface area contributed by atoms with Crippen molar-refractivity contribution in [1.29, 1.82) is 0 Å². The van der Waals surface area contributed by atoms with E-state index in [1.807, 2.05) is 0 Å². The summed E-state index contributed by atoms with van der Waals surface area (Å²) in [5.74, 6) is 0.777. The molecule has 0 spiro atoms. The van der Waals surface area contributed by atoms with Crippen molar-refractivity contribution in [1.82, 2.24) is 9.97 Å². The normalized spacial score (nSPS) is 20.2. The van der Waals surface area contributed by atoms with Gasteiger partial charge >= 0.3 is 0 Å². The molecule has 4 nitrogen and oxygen atoms in total. The third-order valence-corrected chi connectivity index (χ3v) is 3.73. The molecular formula is C12H16ClN3O. The van der Waals surface area contributed by atoms with Gasteiger partial charge in [-0.2, -0.15) is 0 Å². The van der Waals surface area contributed by atoms with Gasteiger partial charge in [-0.1, -0.05) is 11.6 Å². The Bertz CT molecular complexity index is 418. The molecule has 5 heteroatoms. The minimum atomic E-state index is 0.649. The van der Waals surface area contributed by atoms with Crippen molar-refractivity contribution < 1.29 is 4.74 Å². The Morgan fingerprint density at radius 2 is 1.82 bits per heavy atom. The first kappa shape index (κ1) is 11.2. The van der Waals surface area contributed by atoms with Crippen LogP contribution in [-0.4, -0.2) is 36.3 Å². The second-order valence-electron chi connectivity index (χ2n) is 4.55. The highest BCUT2D eigenvalue weighted by atomic mass is 35.5. The van der Waals surface area contributed by atoms with Gasteiger partial charge in [0.05, 0.1) is 18.9 Å². The van der Waals surface area contributed by atoms with Crippen molar-refractivity contribution in [3.63, 3.8) is 0 Å². The first-order chi connectivity index (χ1) is 8.34. The van der Waals surface area contributed by atoms with Crippen molar-refractivity contribution in [3.05, 3.63) is 16.4 Å². The van der Waals surface area contributed by atoms with E-state index < -0.39 is 0 Å². The van der Waals surface area contributed by atoms with Crippen LogP contribution in [-0.2, 0) is 17.6 Å². The van der Waals surface area contributed by atoms with Gasteiger partial charge in [-0.3, -0.25) is 0 Å². The second kappa shape index (κ2) is 4.78. The molecular weight excluding hydrogens is 238 g/mol. The molecule has 1 saturated heterocycles. The van der Waals surface area contributed by atoms with Crippen molar-refractivity contribution in [2.24, 2.45) is 0 Å². The molecule has 1 aliphatic carbocycles. The molecule has 17 heavy (non-hydrogen) atoms. The van der Waals surface area contributed by atoms with Crippen molar-refractivity contribution in [2.45, 2.75) is 25.7 Å². The van der Waals surface area contributed by atoms with Crippen LogP contribution in [0.4, 0.5) is 5.95 Å². The number of ether oxygens (including phenoxy) is 1. The molecule has 1 aromatic heterocycles. The topological polar surface area (TPSA) is 38.2 Å². The molecule has 0 saturated carbocycles. The third-order valence-electron chi connectivity index (χ3n) is 3.41. The zero-order chi connectivity index (χ0) is 11.7. The molecule has 0 aromatic carbocycles. The Balaban J connectivity index is 1.92. The maximum atomic E-state index is 6.26. The molecule has 92 valence electrons. The summed E-state index contributed by atoms with van der Waals surface area (Å²) >= 11 is 6.26. The van der Waals surface area contributed by atoms with E-state index in [9.17, 15) is 0 Å². The van der Waals surface area contributed by atoms with Gasteiger partial charge in [0.15, 0.2) is 0 Å². The number of aromatic nitrogens is 2. The van der Waals surface area contributed by atoms with Crippen LogP contribution >= 0.6 is 11.6 Å². The summed E-state index contributed by atoms with van der Waals surface area (Å²) in [5, 5.41) is 0.649. The van der Waals surface area contributed by atoms with E-state index in [0.717, 1.165) is 56.4 Å². The second-order valence-corrected chi connectivity index (χ2v) is 4.90. The lowest BCUT2D eigenvalue weighted by Gasteiger charge is -2.28. The highest BCUT2D eigenvalue weighted by molar-refractivity contribution is 6.30. The van der Waals surface area contributed by atoms with Gasteiger partial charge in [-0.05, 0) is 25.7 Å². The van der Waals surface area contributed by atoms with E-state index in [0.29, 0.717) is 5.15 Å². The largest absolute Gasteiger partial charge is 0.378 e. The Kier molecular flexibility index (Phi) is 3.16. The molecule has 2 aliphatic rings. The summed E-state index contributed by atoms with van der Waals surface area (Å²) in [7, 11) is 0. The lowest BCUT2D eigenvalue weighted by Crippen LogP contribution is -2.37. The van der Waals surface area contributed by atoms with Crippen LogP contribution in [0.15, 0.2) is 0 Å². The number of anilines is 1. The Hall–Kier alpha value is -0.870. The quantitative estimate of drug-likeness (QED) is 0.716. The molecule has 0 N–H and O–H groups in total. The van der Waals surface area contributed by atoms with Crippen LogP contribution in [0.25, 0.3) is 0 Å². The zero-order valence-electron chi connectivity index (χ0n) is 9.78. The number of aryl methyl sites for hydroxylation is 1. The number of nitrogens with zero attached hydrogens (tertiary/aromatic N) is 3. The summed E-state index contributed by atoms with van der Waals surface area (Å²) in [4.78, 5) is 11.3. The molecule has 0 bridgehead atoms. The molecule has 1 aromatic rings. The van der Waals surface area contributed by atoms with Crippen LogP contribution < -0.4 is 4.90 Å². The molecule has 0 atom stereocenters. The standard InChI is InChI=1S/C12H16ClN3O/c13-11-9-3-1-2-4-10(9)14-12(15-11)16-5-7-17-8-6-16/h1-8H2. The van der Waals surface area contributed by atoms with Crippen molar-refractivity contribution >= 4 is 17.5 Å². The maximum absolute atomic E-state index is 6.26. The summed E-state index contributed by atoms with van der Waals surface area (Å²) < 4.78 is 5.33. The average molecular weight is 254 g/mol. The summed E-state index contributed by atoms with van der Waals surface area (Å²) in [5.41, 5.74) is 2.31. The molecule has 0 radical (unpaired) electrons. The molecule has 3 rings (SSSR count). The molecule has 1 fully saturated rings. The van der Waals surface area contributed by atoms with Crippen LogP contribution in [0, 0.1) is 0 Å². The number of morpholine rings is 1. The third kappa shape index (κ3) is 2.24. The van der Waals surface area contributed by atoms with Crippen molar-refractivity contribution in [2.75, 3.05) is 31.2 Å². The monoisotopic (exact) mass is 253 g/mol. The Morgan fingerprint density at radius 3 is 2.65 bits per heavy atom. The Labute approximate surface area is 106 Å². The molecule has 0 unspecified atom stereocenters. The first-order valence-electron chi connectivity index (χ1n) is 6.22. The van der Waals surface area contributed by atoms with Gasteiger partial charge in [-0.25, -0.2) is 9.97 Å². The number of hydrogen-bond donors (Lipinski definition) is 0. The van der Waals surface area contributed by atoms with E-state index in [1.54, 1.807) is 0 Å². The van der Waals surface area contributed by atoms with Gasteiger partial charge in [0.1, 0.15) is 5.15 Å². The fourth-order valence-electron chi connectivity index (χ4n) is 2.44. The smallest absolute Gasteiger partial charge is 0.227 e. The lowest BCUT2D eigenvalue weighted by molar-refractivity contribution is 0.122. The SMILES string of the molecule is Clc1nc(N2CCOCC2)nc2c1CCCC2. The zero-order valence-corrected chi connectivity index (χ0v) is 10.5. The molecule has 0 amide bonds. The van der Waals surface area contributed by atoms with E-state index in [2.05, 4.69) is 14.9 Å². The lowest BCUT2D eigenvalue weighted by atomic mass is 9.97. The highest BCUT2D eigenvalue weighted by Crippen LogP contribution is 2.27. The molecule has 2 heterocycles. The Morgan fingerprint density at radius 1 is 1.06 bits per heavy atom. The minimum Gasteiger partial charge on any atom is -0.378 e. The van der Waals surface area contributed by atoms with Crippen LogP contribution in [0.3, 0.4) is 0 Å². The van der Waals surface area contributed by atoms with E-state index in [4.69, 9.17) is 16.3 Å². The van der Waals surface area contributed by atoms with Crippen molar-refractivity contribution in [3.8, 4) is 0 Å². The van der Waals surface area contributed by atoms with Gasteiger partial charge in [-0.15, -0.1) is 0 Å². The summed E-state index contributed by atoms with van der Waals surface area (Å²) in [6, 6.07) is 0. The van der Waals surface area contributed by atoms with E-state index in [1.165, 1.54) is 12.8 Å². The van der Waals surface area contributed by atoms with E-state index in [-0.39, 0.29) is 0 Å². The summed E-state index contributed by atoms with van der Waals surface area (Å²) in [6.45, 7) is 3.21. The first-order valence-corrected chi connectivity index (χ1v) is 6.60. The number of rotatable bonds is 1. The maximum Gasteiger partial charge on any atom is 0.227 e. The number of halogens is 1. The van der Waals surface area contributed by atoms with Gasteiger partial charge in [0.2, 0.25) is 5.95 Å². The fourth-order valence-corrected chi connectivity index (χ4v) is 2.72. The van der Waals surface area contributed by atoms with Crippen LogP contribution in [0.5, 0.6) is 0 Å². The van der Waals surface area contributed by atoms with Crippen LogP contribution in [0.2, 0.25) is 5.15 Å². The predicted octanol–water partition coefficient (Wildman–Crippen LogP) is 1.85. The van der Waals surface area contributed by atoms with Gasteiger partial charge < -0.3 is 9.64 Å². The fraction of sp³-hybridized carbons (Fsp3) is 0.667. The number of hydrogen-bond acceptors (Lipinski definition) is 4.